The highest BCUT2D eigenvalue weighted by Crippen LogP contribution is 2.24. The minimum absolute atomic E-state index is 0.0688. The summed E-state index contributed by atoms with van der Waals surface area (Å²) < 4.78 is 0. The van der Waals surface area contributed by atoms with Crippen LogP contribution in [0.15, 0.2) is 18.2 Å². The fourth-order valence-corrected chi connectivity index (χ4v) is 1.99. The molecule has 1 saturated heterocycles. The van der Waals surface area contributed by atoms with Crippen molar-refractivity contribution in [3.05, 3.63) is 44.0 Å². The van der Waals surface area contributed by atoms with Crippen LogP contribution in [0.5, 0.6) is 0 Å². The van der Waals surface area contributed by atoms with Crippen molar-refractivity contribution in [2.24, 2.45) is 0 Å². The van der Waals surface area contributed by atoms with Crippen LogP contribution in [0.25, 0.3) is 0 Å². The Morgan fingerprint density at radius 1 is 1.30 bits per heavy atom. The van der Waals surface area contributed by atoms with Gasteiger partial charge >= 0.3 is 0 Å². The monoisotopic (exact) mass is 280 g/mol. The summed E-state index contributed by atoms with van der Waals surface area (Å²) in [4.78, 5) is 31.2. The van der Waals surface area contributed by atoms with E-state index in [1.807, 2.05) is 0 Å². The molecule has 1 atom stereocenters. The fourth-order valence-electron chi connectivity index (χ4n) is 1.99. The van der Waals surface area contributed by atoms with Crippen LogP contribution in [0.3, 0.4) is 0 Å². The first-order valence-electron chi connectivity index (χ1n) is 5.89. The van der Waals surface area contributed by atoms with Crippen molar-refractivity contribution < 1.29 is 14.6 Å². The van der Waals surface area contributed by atoms with Crippen molar-refractivity contribution in [3.63, 3.8) is 0 Å². The number of non-ortho nitro benzene ring substituents is 1. The zero-order valence-corrected chi connectivity index (χ0v) is 10.4. The Balaban J connectivity index is 2.12. The summed E-state index contributed by atoms with van der Waals surface area (Å²) in [6, 6.07) is 3.43. The van der Waals surface area contributed by atoms with Gasteiger partial charge in [-0.3, -0.25) is 25.0 Å². The average Bonchev–Trinajstić information content (AvgIpc) is 2.81. The average molecular weight is 280 g/mol. The molecule has 1 aromatic rings. The summed E-state index contributed by atoms with van der Waals surface area (Å²) >= 11 is 0. The molecule has 1 unspecified atom stereocenters. The van der Waals surface area contributed by atoms with Crippen molar-refractivity contribution in [1.29, 1.82) is 0 Å². The third-order valence-corrected chi connectivity index (χ3v) is 3.04. The molecule has 0 saturated carbocycles. The molecule has 1 aliphatic rings. The second kappa shape index (κ2) is 5.61. The van der Waals surface area contributed by atoms with E-state index in [9.17, 15) is 25.0 Å². The van der Waals surface area contributed by atoms with Crippen molar-refractivity contribution in [1.82, 2.24) is 10.6 Å². The van der Waals surface area contributed by atoms with Crippen LogP contribution in [0.1, 0.15) is 12.0 Å². The highest BCUT2D eigenvalue weighted by molar-refractivity contribution is 5.78. The molecular formula is C11H12N4O5. The van der Waals surface area contributed by atoms with Gasteiger partial charge in [0.2, 0.25) is 5.91 Å². The smallest absolute Gasteiger partial charge is 0.280 e. The zero-order chi connectivity index (χ0) is 14.7. The number of hydrogen-bond donors (Lipinski definition) is 2. The SMILES string of the molecule is O=C1CC(NCc2ccc([N+](=O)[O-])cc2[N+](=O)[O-])CN1. The highest BCUT2D eigenvalue weighted by atomic mass is 16.6. The maximum Gasteiger partial charge on any atom is 0.280 e. The Morgan fingerprint density at radius 2 is 2.05 bits per heavy atom. The van der Waals surface area contributed by atoms with Crippen LogP contribution in [0.2, 0.25) is 0 Å². The molecule has 0 spiro atoms. The molecule has 2 N–H and O–H groups in total. The molecular weight excluding hydrogens is 268 g/mol. The minimum atomic E-state index is -0.677. The van der Waals surface area contributed by atoms with Gasteiger partial charge < -0.3 is 10.6 Å². The Labute approximate surface area is 113 Å². The van der Waals surface area contributed by atoms with Crippen molar-refractivity contribution in [2.45, 2.75) is 19.0 Å². The molecule has 0 aliphatic carbocycles. The number of rotatable bonds is 5. The van der Waals surface area contributed by atoms with E-state index in [0.717, 1.165) is 6.07 Å². The standard InChI is InChI=1S/C11H12N4O5/c16-11-3-8(6-13-11)12-5-7-1-2-9(14(17)18)4-10(7)15(19)20/h1-2,4,8,12H,3,5-6H2,(H,13,16). The van der Waals surface area contributed by atoms with Crippen molar-refractivity contribution in [2.75, 3.05) is 6.54 Å². The van der Waals surface area contributed by atoms with Gasteiger partial charge in [-0.25, -0.2) is 0 Å². The van der Waals surface area contributed by atoms with Crippen molar-refractivity contribution >= 4 is 17.3 Å². The van der Waals surface area contributed by atoms with Crippen LogP contribution in [-0.2, 0) is 11.3 Å². The lowest BCUT2D eigenvalue weighted by Gasteiger charge is -2.10. The molecule has 1 heterocycles. The maximum atomic E-state index is 11.0. The molecule has 20 heavy (non-hydrogen) atoms. The van der Waals surface area contributed by atoms with E-state index in [2.05, 4.69) is 10.6 Å². The quantitative estimate of drug-likeness (QED) is 0.596. The normalized spacial score (nSPS) is 17.8. The Morgan fingerprint density at radius 3 is 2.60 bits per heavy atom. The molecule has 9 heteroatoms. The molecule has 1 amide bonds. The number of benzene rings is 1. The Kier molecular flexibility index (Phi) is 3.89. The first kappa shape index (κ1) is 13.9. The molecule has 1 aromatic carbocycles. The van der Waals surface area contributed by atoms with Gasteiger partial charge in [0.1, 0.15) is 0 Å². The van der Waals surface area contributed by atoms with Gasteiger partial charge in [-0.15, -0.1) is 0 Å². The molecule has 1 fully saturated rings. The third kappa shape index (κ3) is 3.06. The van der Waals surface area contributed by atoms with Gasteiger partial charge in [-0.1, -0.05) is 0 Å². The van der Waals surface area contributed by atoms with E-state index in [4.69, 9.17) is 0 Å². The van der Waals surface area contributed by atoms with Gasteiger partial charge in [0.05, 0.1) is 15.9 Å². The summed E-state index contributed by atoms with van der Waals surface area (Å²) in [5, 5.41) is 27.2. The van der Waals surface area contributed by atoms with E-state index in [1.165, 1.54) is 12.1 Å². The van der Waals surface area contributed by atoms with Crippen molar-refractivity contribution in [3.8, 4) is 0 Å². The van der Waals surface area contributed by atoms with E-state index in [-0.39, 0.29) is 29.9 Å². The molecule has 0 bridgehead atoms. The second-order valence-corrected chi connectivity index (χ2v) is 4.41. The lowest BCUT2D eigenvalue weighted by atomic mass is 10.1. The van der Waals surface area contributed by atoms with E-state index < -0.39 is 9.85 Å². The highest BCUT2D eigenvalue weighted by Gasteiger charge is 2.23. The predicted octanol–water partition coefficient (Wildman–Crippen LogP) is 0.481. The van der Waals surface area contributed by atoms with Gasteiger partial charge in [0.25, 0.3) is 11.4 Å². The van der Waals surface area contributed by atoms with Crippen LogP contribution in [-0.4, -0.2) is 28.3 Å². The predicted molar refractivity (Wildman–Crippen MR) is 68.0 cm³/mol. The second-order valence-electron chi connectivity index (χ2n) is 4.41. The van der Waals surface area contributed by atoms with E-state index in [1.54, 1.807) is 0 Å². The lowest BCUT2D eigenvalue weighted by molar-refractivity contribution is -0.394. The van der Waals surface area contributed by atoms with Gasteiger partial charge in [-0.2, -0.15) is 0 Å². The number of nitrogens with zero attached hydrogens (tertiary/aromatic N) is 2. The lowest BCUT2D eigenvalue weighted by Crippen LogP contribution is -2.30. The summed E-state index contributed by atoms with van der Waals surface area (Å²) in [7, 11) is 0. The summed E-state index contributed by atoms with van der Waals surface area (Å²) in [5.74, 6) is -0.0688. The number of carbonyl (C=O) groups is 1. The first-order valence-corrected chi connectivity index (χ1v) is 5.89. The molecule has 9 nitrogen and oxygen atoms in total. The van der Waals surface area contributed by atoms with Crippen LogP contribution < -0.4 is 10.6 Å². The number of nitro benzene ring substituents is 2. The zero-order valence-electron chi connectivity index (χ0n) is 10.4. The largest absolute Gasteiger partial charge is 0.354 e. The van der Waals surface area contributed by atoms with Crippen LogP contribution in [0, 0.1) is 20.2 Å². The summed E-state index contributed by atoms with van der Waals surface area (Å²) in [6.07, 6.45) is 0.320. The minimum Gasteiger partial charge on any atom is -0.354 e. The van der Waals surface area contributed by atoms with Gasteiger partial charge in [-0.05, 0) is 6.07 Å². The van der Waals surface area contributed by atoms with Crippen LogP contribution >= 0.6 is 0 Å². The number of nitrogens with one attached hydrogen (secondary N) is 2. The molecule has 0 radical (unpaired) electrons. The Bertz CT molecular complexity index is 574. The first-order chi connectivity index (χ1) is 9.47. The topological polar surface area (TPSA) is 127 Å². The molecule has 0 aromatic heterocycles. The maximum absolute atomic E-state index is 11.0. The summed E-state index contributed by atoms with van der Waals surface area (Å²) in [6.45, 7) is 0.646. The molecule has 2 rings (SSSR count). The van der Waals surface area contributed by atoms with E-state index >= 15 is 0 Å². The molecule has 106 valence electrons. The fraction of sp³-hybridized carbons (Fsp3) is 0.364. The van der Waals surface area contributed by atoms with E-state index in [0.29, 0.717) is 18.5 Å². The molecule has 1 aliphatic heterocycles. The number of hydrogen-bond acceptors (Lipinski definition) is 6. The van der Waals surface area contributed by atoms with Gasteiger partial charge in [0.15, 0.2) is 0 Å². The van der Waals surface area contributed by atoms with Gasteiger partial charge in [0, 0.05) is 37.2 Å². The number of amides is 1. The summed E-state index contributed by atoms with van der Waals surface area (Å²) in [5.41, 5.74) is -0.276. The third-order valence-electron chi connectivity index (χ3n) is 3.04. The van der Waals surface area contributed by atoms with Crippen LogP contribution in [0.4, 0.5) is 11.4 Å². The Hall–Kier alpha value is -2.55. The number of nitro groups is 2. The number of carbonyl (C=O) groups excluding carboxylic acids is 1.